The van der Waals surface area contributed by atoms with Gasteiger partial charge in [0, 0.05) is 40.4 Å². The van der Waals surface area contributed by atoms with Gasteiger partial charge >= 0.3 is 21.1 Å². The van der Waals surface area contributed by atoms with Gasteiger partial charge in [0.2, 0.25) is 0 Å². The van der Waals surface area contributed by atoms with Crippen molar-refractivity contribution in [1.29, 1.82) is 0 Å². The first-order valence-corrected chi connectivity index (χ1v) is 20.1. The number of pyridine rings is 1. The molecule has 0 aliphatic heterocycles. The molecule has 6 aromatic rings. The van der Waals surface area contributed by atoms with Crippen molar-refractivity contribution in [2.24, 2.45) is 16.7 Å². The zero-order valence-electron chi connectivity index (χ0n) is 36.0. The molecular weight excluding hydrogens is 868 g/mol. The Morgan fingerprint density at radius 2 is 1.43 bits per heavy atom. The van der Waals surface area contributed by atoms with Gasteiger partial charge in [0.25, 0.3) is 0 Å². The quantitative estimate of drug-likeness (QED) is 0.128. The molecule has 3 aromatic carbocycles. The monoisotopic (exact) mass is 927 g/mol. The van der Waals surface area contributed by atoms with E-state index < -0.39 is 0 Å². The summed E-state index contributed by atoms with van der Waals surface area (Å²) in [7, 11) is 0. The van der Waals surface area contributed by atoms with Gasteiger partial charge in [-0.1, -0.05) is 118 Å². The average Bonchev–Trinajstić information content (AvgIpc) is 3.58. The van der Waals surface area contributed by atoms with Crippen LogP contribution >= 0.6 is 0 Å². The van der Waals surface area contributed by atoms with Gasteiger partial charge in [0.15, 0.2) is 0 Å². The smallest absolute Gasteiger partial charge is 0.509 e. The number of allylic oxidation sites excluding steroid dienone is 2. The van der Waals surface area contributed by atoms with Gasteiger partial charge in [0.1, 0.15) is 5.82 Å². The molecule has 296 valence electrons. The Morgan fingerprint density at radius 1 is 0.732 bits per heavy atom. The van der Waals surface area contributed by atoms with Crippen LogP contribution in [0.2, 0.25) is 0 Å². The van der Waals surface area contributed by atoms with Crippen LogP contribution in [0.5, 0.6) is 11.5 Å². The maximum atomic E-state index is 6.77. The van der Waals surface area contributed by atoms with Crippen molar-refractivity contribution < 1.29 is 25.8 Å². The van der Waals surface area contributed by atoms with Crippen LogP contribution in [0.1, 0.15) is 130 Å². The molecule has 0 amide bonds. The summed E-state index contributed by atoms with van der Waals surface area (Å²) in [6, 6.07) is 28.6. The Morgan fingerprint density at radius 3 is 2.09 bits per heavy atom. The third-order valence-corrected chi connectivity index (χ3v) is 11.8. The van der Waals surface area contributed by atoms with Crippen molar-refractivity contribution in [2.75, 3.05) is 0 Å². The molecule has 1 aliphatic carbocycles. The number of ether oxygens (including phenoxy) is 1. The van der Waals surface area contributed by atoms with Crippen molar-refractivity contribution >= 4 is 21.8 Å². The SMILES string of the molecule is Cc1nn(-c2[c-]c(Oc3[c-]c4c(cc3)c3ccccc3n4-c3cc(C(C)(C)C)ccn3)cc(C(C)(C)C)c2)c(C)c1C1C(C(C)(C)C)=CCC[C@@H]1C(C)(C)C.[Pt+2]. The van der Waals surface area contributed by atoms with Crippen molar-refractivity contribution in [1.82, 2.24) is 19.3 Å². The second kappa shape index (κ2) is 14.8. The fourth-order valence-electron chi connectivity index (χ4n) is 8.76. The van der Waals surface area contributed by atoms with Crippen LogP contribution in [0.3, 0.4) is 0 Å². The number of hydrogen-bond donors (Lipinski definition) is 0. The summed E-state index contributed by atoms with van der Waals surface area (Å²) in [5.74, 6) is 2.95. The maximum absolute atomic E-state index is 6.77. The number of nitrogens with zero attached hydrogens (tertiary/aromatic N) is 4. The summed E-state index contributed by atoms with van der Waals surface area (Å²) in [6.07, 6.45) is 6.74. The largest absolute Gasteiger partial charge is 2.00 e. The van der Waals surface area contributed by atoms with E-state index >= 15 is 0 Å². The van der Waals surface area contributed by atoms with Gasteiger partial charge in [-0.3, -0.25) is 4.68 Å². The molecule has 56 heavy (non-hydrogen) atoms. The van der Waals surface area contributed by atoms with Gasteiger partial charge in [-0.15, -0.1) is 41.3 Å². The van der Waals surface area contributed by atoms with E-state index in [4.69, 9.17) is 14.8 Å². The molecule has 0 spiro atoms. The van der Waals surface area contributed by atoms with Crippen molar-refractivity contribution in [2.45, 2.75) is 127 Å². The maximum Gasteiger partial charge on any atom is 2.00 e. The number of aromatic nitrogens is 4. The van der Waals surface area contributed by atoms with Crippen molar-refractivity contribution in [3.05, 3.63) is 119 Å². The van der Waals surface area contributed by atoms with E-state index in [1.165, 1.54) is 28.8 Å². The minimum Gasteiger partial charge on any atom is -0.509 e. The zero-order chi connectivity index (χ0) is 39.8. The number of hydrogen-bond acceptors (Lipinski definition) is 3. The summed E-state index contributed by atoms with van der Waals surface area (Å²) < 4.78 is 11.1. The zero-order valence-corrected chi connectivity index (χ0v) is 38.3. The molecule has 0 saturated heterocycles. The first-order valence-electron chi connectivity index (χ1n) is 20.1. The van der Waals surface area contributed by atoms with E-state index in [0.717, 1.165) is 51.0 Å². The summed E-state index contributed by atoms with van der Waals surface area (Å²) in [5, 5.41) is 7.54. The van der Waals surface area contributed by atoms with Crippen LogP contribution in [0.25, 0.3) is 33.3 Å². The molecule has 3 heterocycles. The second-order valence-corrected chi connectivity index (χ2v) is 20.0. The Balaban J connectivity index is 0.00000532. The van der Waals surface area contributed by atoms with Gasteiger partial charge < -0.3 is 9.30 Å². The van der Waals surface area contributed by atoms with E-state index in [2.05, 4.69) is 179 Å². The Labute approximate surface area is 350 Å². The van der Waals surface area contributed by atoms with E-state index in [9.17, 15) is 0 Å². The molecule has 0 bridgehead atoms. The molecule has 0 radical (unpaired) electrons. The third-order valence-electron chi connectivity index (χ3n) is 11.8. The number of para-hydroxylation sites is 1. The van der Waals surface area contributed by atoms with E-state index in [1.54, 1.807) is 0 Å². The fourth-order valence-corrected chi connectivity index (χ4v) is 8.76. The van der Waals surface area contributed by atoms with Crippen LogP contribution in [0, 0.1) is 42.7 Å². The molecular formula is C50H60N4OPt. The molecule has 0 saturated carbocycles. The number of fused-ring (bicyclic) bond motifs is 3. The molecule has 3 aromatic heterocycles. The van der Waals surface area contributed by atoms with Crippen LogP contribution in [0.4, 0.5) is 0 Å². The van der Waals surface area contributed by atoms with Gasteiger partial charge in [-0.25, -0.2) is 4.98 Å². The first kappa shape index (κ1) is 41.7. The third kappa shape index (κ3) is 7.82. The topological polar surface area (TPSA) is 44.9 Å². The average molecular weight is 928 g/mol. The summed E-state index contributed by atoms with van der Waals surface area (Å²) in [6.45, 7) is 32.2. The van der Waals surface area contributed by atoms with E-state index in [0.29, 0.717) is 23.3 Å². The Bertz CT molecular complexity index is 2430. The number of rotatable bonds is 5. The molecule has 2 atom stereocenters. The van der Waals surface area contributed by atoms with Gasteiger partial charge in [0.05, 0.1) is 5.69 Å². The molecule has 0 N–H and O–H groups in total. The first-order chi connectivity index (χ1) is 25.6. The van der Waals surface area contributed by atoms with E-state index in [-0.39, 0.29) is 42.7 Å². The van der Waals surface area contributed by atoms with Crippen molar-refractivity contribution in [3.63, 3.8) is 0 Å². The van der Waals surface area contributed by atoms with Crippen LogP contribution in [-0.2, 0) is 31.9 Å². The Hall–Kier alpha value is -3.95. The predicted octanol–water partition coefficient (Wildman–Crippen LogP) is 13.5. The fraction of sp³-hybridized carbons (Fsp3) is 0.440. The normalized spacial score (nSPS) is 16.9. The van der Waals surface area contributed by atoms with Gasteiger partial charge in [-0.2, -0.15) is 11.2 Å². The van der Waals surface area contributed by atoms with Crippen LogP contribution in [0.15, 0.2) is 78.5 Å². The minimum atomic E-state index is -0.131. The summed E-state index contributed by atoms with van der Waals surface area (Å²) >= 11 is 0. The number of benzene rings is 3. The molecule has 7 rings (SSSR count). The molecule has 0 fully saturated rings. The standard InChI is InChI=1S/C50H60N4O.Pt/c1-31-45(46-40(49(9,10)11)19-17-20-41(46)50(12,13)14)32(2)54(52-31)35-26-34(48(6,7)8)27-37(29-35)55-36-22-23-39-38-18-15-16-21-42(38)53(43(39)30-36)44-28-33(24-25-51-44)47(3,4)5;/h15-16,18-19,21-28,41,46H,17,20H2,1-14H3;/q-2;+2/t41-,46?;/m0./s1. The van der Waals surface area contributed by atoms with Crippen LogP contribution < -0.4 is 4.74 Å². The van der Waals surface area contributed by atoms with Gasteiger partial charge in [-0.05, 0) is 89.1 Å². The van der Waals surface area contributed by atoms with Crippen LogP contribution in [-0.4, -0.2) is 19.3 Å². The molecule has 5 nitrogen and oxygen atoms in total. The number of aryl methyl sites for hydroxylation is 1. The summed E-state index contributed by atoms with van der Waals surface area (Å²) in [4.78, 5) is 4.86. The van der Waals surface area contributed by atoms with Crippen molar-refractivity contribution in [3.8, 4) is 23.0 Å². The molecule has 6 heteroatoms. The predicted molar refractivity (Wildman–Crippen MR) is 229 cm³/mol. The summed E-state index contributed by atoms with van der Waals surface area (Å²) in [5.41, 5.74) is 10.5. The Kier molecular flexibility index (Phi) is 11.0. The minimum absolute atomic E-state index is 0. The molecule has 1 aliphatic rings. The molecule has 1 unspecified atom stereocenters. The van der Waals surface area contributed by atoms with E-state index in [1.807, 2.05) is 12.3 Å². The second-order valence-electron chi connectivity index (χ2n) is 20.0.